The van der Waals surface area contributed by atoms with Gasteiger partial charge in [-0.25, -0.2) is 0 Å². The Balaban J connectivity index is 1.98. The van der Waals surface area contributed by atoms with Crippen LogP contribution in [-0.4, -0.2) is 17.5 Å². The van der Waals surface area contributed by atoms with Crippen molar-refractivity contribution < 1.29 is 4.79 Å². The van der Waals surface area contributed by atoms with E-state index in [0.29, 0.717) is 0 Å². The Hall–Kier alpha value is -2.48. The predicted octanol–water partition coefficient (Wildman–Crippen LogP) is 4.50. The molecule has 0 N–H and O–H groups in total. The van der Waals surface area contributed by atoms with Gasteiger partial charge in [0.25, 0.3) is 0 Å². The third-order valence-corrected chi connectivity index (χ3v) is 5.48. The van der Waals surface area contributed by atoms with Crippen molar-refractivity contribution in [2.24, 2.45) is 4.99 Å². The molecule has 2 unspecified atom stereocenters. The Kier molecular flexibility index (Phi) is 3.49. The van der Waals surface area contributed by atoms with Crippen molar-refractivity contribution in [3.05, 3.63) is 82.9 Å². The van der Waals surface area contributed by atoms with Gasteiger partial charge in [0.2, 0.25) is 0 Å². The number of allylic oxidation sites excluding steroid dienone is 1. The largest absolute Gasteiger partial charge is 0.296 e. The van der Waals surface area contributed by atoms with E-state index < -0.39 is 5.41 Å². The molecule has 2 aromatic rings. The average molecular weight is 315 g/mol. The van der Waals surface area contributed by atoms with Gasteiger partial charge in [0.05, 0.1) is 5.71 Å². The molecule has 2 aromatic carbocycles. The van der Waals surface area contributed by atoms with Gasteiger partial charge in [-0.2, -0.15) is 0 Å². The highest BCUT2D eigenvalue weighted by atomic mass is 16.1. The summed E-state index contributed by atoms with van der Waals surface area (Å²) in [6.45, 7) is 4.30. The van der Waals surface area contributed by atoms with Crippen LogP contribution in [0.5, 0.6) is 0 Å². The summed E-state index contributed by atoms with van der Waals surface area (Å²) in [6.07, 6.45) is 1.47. The Morgan fingerprint density at radius 1 is 0.917 bits per heavy atom. The monoisotopic (exact) mass is 315 g/mol. The lowest BCUT2D eigenvalue weighted by molar-refractivity contribution is -0.122. The van der Waals surface area contributed by atoms with Gasteiger partial charge >= 0.3 is 0 Å². The van der Waals surface area contributed by atoms with Gasteiger partial charge in [-0.3, -0.25) is 9.79 Å². The van der Waals surface area contributed by atoms with E-state index in [4.69, 9.17) is 4.99 Å². The average Bonchev–Trinajstić information content (AvgIpc) is 2.84. The van der Waals surface area contributed by atoms with Crippen LogP contribution in [0.2, 0.25) is 0 Å². The van der Waals surface area contributed by atoms with Crippen LogP contribution in [0, 0.1) is 0 Å². The molecular formula is C22H21NO. The maximum atomic E-state index is 13.5. The Bertz CT molecular complexity index is 848. The van der Waals surface area contributed by atoms with Crippen LogP contribution < -0.4 is 0 Å². The van der Waals surface area contributed by atoms with Crippen molar-refractivity contribution in [2.45, 2.75) is 38.1 Å². The van der Waals surface area contributed by atoms with E-state index in [1.807, 2.05) is 36.4 Å². The Morgan fingerprint density at radius 3 is 2.21 bits per heavy atom. The molecule has 0 fully saturated rings. The van der Waals surface area contributed by atoms with Crippen molar-refractivity contribution in [3.63, 3.8) is 0 Å². The molecule has 0 spiro atoms. The van der Waals surface area contributed by atoms with Gasteiger partial charge in [0, 0.05) is 0 Å². The predicted molar refractivity (Wildman–Crippen MR) is 97.5 cm³/mol. The second-order valence-corrected chi connectivity index (χ2v) is 6.94. The van der Waals surface area contributed by atoms with Crippen LogP contribution in [0.15, 0.2) is 76.8 Å². The van der Waals surface area contributed by atoms with Crippen LogP contribution in [0.1, 0.15) is 37.8 Å². The second-order valence-electron chi connectivity index (χ2n) is 6.94. The van der Waals surface area contributed by atoms with Crippen molar-refractivity contribution >= 4 is 11.5 Å². The summed E-state index contributed by atoms with van der Waals surface area (Å²) in [5.74, 6) is 0.253. The SMILES string of the molecule is CC1=C(C)CC2(c3ccccc3)C(=O)C(C1)N=C2c1ccccc1. The molecule has 2 nitrogen and oxygen atoms in total. The van der Waals surface area contributed by atoms with E-state index in [1.165, 1.54) is 11.1 Å². The number of benzene rings is 2. The van der Waals surface area contributed by atoms with E-state index in [-0.39, 0.29) is 11.8 Å². The van der Waals surface area contributed by atoms with Gasteiger partial charge in [0.15, 0.2) is 5.78 Å². The van der Waals surface area contributed by atoms with Crippen molar-refractivity contribution in [3.8, 4) is 0 Å². The highest BCUT2D eigenvalue weighted by Gasteiger charge is 2.53. The lowest BCUT2D eigenvalue weighted by Crippen LogP contribution is -2.42. The maximum absolute atomic E-state index is 13.5. The highest BCUT2D eigenvalue weighted by molar-refractivity contribution is 6.27. The Labute approximate surface area is 142 Å². The fourth-order valence-corrected chi connectivity index (χ4v) is 4.07. The van der Waals surface area contributed by atoms with Crippen molar-refractivity contribution in [1.29, 1.82) is 0 Å². The van der Waals surface area contributed by atoms with Gasteiger partial charge in [0.1, 0.15) is 11.5 Å². The summed E-state index contributed by atoms with van der Waals surface area (Å²) < 4.78 is 0. The molecule has 0 saturated heterocycles. The maximum Gasteiger partial charge on any atom is 0.174 e. The first-order valence-corrected chi connectivity index (χ1v) is 8.51. The minimum atomic E-state index is -0.644. The molecule has 2 atom stereocenters. The number of hydrogen-bond donors (Lipinski definition) is 0. The summed E-state index contributed by atoms with van der Waals surface area (Å²) in [4.78, 5) is 18.4. The first-order valence-electron chi connectivity index (χ1n) is 8.51. The number of fused-ring (bicyclic) bond motifs is 2. The number of aliphatic imine (C=N–C) groups is 1. The third kappa shape index (κ3) is 2.10. The fourth-order valence-electron chi connectivity index (χ4n) is 4.07. The van der Waals surface area contributed by atoms with Gasteiger partial charge in [-0.15, -0.1) is 0 Å². The first kappa shape index (κ1) is 15.1. The van der Waals surface area contributed by atoms with Crippen LogP contribution in [0.4, 0.5) is 0 Å². The zero-order chi connectivity index (χ0) is 16.7. The summed E-state index contributed by atoms with van der Waals surface area (Å²) in [5.41, 5.74) is 5.05. The molecule has 24 heavy (non-hydrogen) atoms. The van der Waals surface area contributed by atoms with Crippen LogP contribution in [0.3, 0.4) is 0 Å². The number of nitrogens with zero attached hydrogens (tertiary/aromatic N) is 1. The van der Waals surface area contributed by atoms with Gasteiger partial charge in [-0.05, 0) is 37.8 Å². The molecule has 120 valence electrons. The fraction of sp³-hybridized carbons (Fsp3) is 0.273. The summed E-state index contributed by atoms with van der Waals surface area (Å²) in [5, 5.41) is 0. The van der Waals surface area contributed by atoms with Crippen LogP contribution in [0.25, 0.3) is 0 Å². The number of rotatable bonds is 2. The minimum Gasteiger partial charge on any atom is -0.296 e. The standard InChI is InChI=1S/C22H21NO/c1-15-13-19-21(24)22(14-16(15)2,18-11-7-4-8-12-18)20(23-19)17-9-5-3-6-10-17/h3-12,19H,13-14H2,1-2H3. The molecular weight excluding hydrogens is 294 g/mol. The molecule has 0 saturated carbocycles. The van der Waals surface area contributed by atoms with Crippen LogP contribution in [-0.2, 0) is 10.2 Å². The molecule has 0 radical (unpaired) electrons. The van der Waals surface area contributed by atoms with E-state index in [9.17, 15) is 4.79 Å². The highest BCUT2D eigenvalue weighted by Crippen LogP contribution is 2.45. The molecule has 2 heteroatoms. The summed E-state index contributed by atoms with van der Waals surface area (Å²) >= 11 is 0. The normalized spacial score (nSPS) is 26.3. The lowest BCUT2D eigenvalue weighted by Gasteiger charge is -2.30. The molecule has 0 aromatic heterocycles. The quantitative estimate of drug-likeness (QED) is 0.751. The van der Waals surface area contributed by atoms with Crippen molar-refractivity contribution in [1.82, 2.24) is 0 Å². The number of hydrogen-bond acceptors (Lipinski definition) is 2. The van der Waals surface area contributed by atoms with E-state index in [2.05, 4.69) is 38.1 Å². The van der Waals surface area contributed by atoms with E-state index >= 15 is 0 Å². The zero-order valence-corrected chi connectivity index (χ0v) is 14.1. The molecule has 2 aliphatic rings. The topological polar surface area (TPSA) is 29.4 Å². The zero-order valence-electron chi connectivity index (χ0n) is 14.1. The second kappa shape index (κ2) is 5.55. The Morgan fingerprint density at radius 2 is 1.54 bits per heavy atom. The van der Waals surface area contributed by atoms with Crippen molar-refractivity contribution in [2.75, 3.05) is 0 Å². The number of carbonyl (C=O) groups is 1. The summed E-state index contributed by atoms with van der Waals surface area (Å²) in [7, 11) is 0. The van der Waals surface area contributed by atoms with E-state index in [1.54, 1.807) is 0 Å². The van der Waals surface area contributed by atoms with Gasteiger partial charge < -0.3 is 0 Å². The number of Topliss-reactive ketones (excluding diaryl/α,β-unsaturated/α-hetero) is 1. The van der Waals surface area contributed by atoms with Gasteiger partial charge in [-0.1, -0.05) is 71.8 Å². The smallest absolute Gasteiger partial charge is 0.174 e. The molecule has 0 amide bonds. The lowest BCUT2D eigenvalue weighted by atomic mass is 9.68. The van der Waals surface area contributed by atoms with Crippen LogP contribution >= 0.6 is 0 Å². The summed E-state index contributed by atoms with van der Waals surface area (Å²) in [6, 6.07) is 20.1. The molecule has 4 rings (SSSR count). The molecule has 1 aliphatic carbocycles. The number of carbonyl (C=O) groups excluding carboxylic acids is 1. The molecule has 1 heterocycles. The number of ketones is 1. The first-order chi connectivity index (χ1) is 11.6. The molecule has 2 bridgehead atoms. The third-order valence-electron chi connectivity index (χ3n) is 5.48. The van der Waals surface area contributed by atoms with E-state index in [0.717, 1.165) is 29.7 Å². The minimum absolute atomic E-state index is 0.252. The molecule has 1 aliphatic heterocycles.